The molecular formula is C19H20ClN3O6S2. The summed E-state index contributed by atoms with van der Waals surface area (Å²) in [6, 6.07) is 6.17. The third-order valence-corrected chi connectivity index (χ3v) is 8.02. The smallest absolute Gasteiger partial charge is 0.269 e. The minimum Gasteiger partial charge on any atom is -0.504 e. The zero-order valence-corrected chi connectivity index (χ0v) is 19.4. The lowest BCUT2D eigenvalue weighted by Gasteiger charge is -2.21. The normalized spacial score (nSPS) is 13.0. The lowest BCUT2D eigenvalue weighted by atomic mass is 10.1. The predicted molar refractivity (Wildman–Crippen MR) is 121 cm³/mol. The quantitative estimate of drug-likeness (QED) is 0.252. The predicted octanol–water partition coefficient (Wildman–Crippen LogP) is 3.11. The molecule has 3 N–H and O–H groups in total. The van der Waals surface area contributed by atoms with Crippen molar-refractivity contribution in [3.63, 3.8) is 0 Å². The topological polar surface area (TPSA) is 125 Å². The molecule has 0 fully saturated rings. The molecule has 1 atom stereocenters. The summed E-state index contributed by atoms with van der Waals surface area (Å²) < 4.78 is 25.7. The molecule has 0 aliphatic heterocycles. The molecule has 1 aromatic heterocycles. The summed E-state index contributed by atoms with van der Waals surface area (Å²) in [6.07, 6.45) is 0. The number of hydrogen-bond acceptors (Lipinski definition) is 9. The van der Waals surface area contributed by atoms with Crippen LogP contribution in [0.2, 0.25) is 5.02 Å². The van der Waals surface area contributed by atoms with E-state index in [9.17, 15) is 23.1 Å². The van der Waals surface area contributed by atoms with E-state index in [4.69, 9.17) is 16.4 Å². The SMILES string of the molecule is CON(C)S(=O)(=O)c1c(Cl)ccc(Nc2c(N[C@H](C)c3ccc(C)s3)c(=O)c2=O)c1O. The summed E-state index contributed by atoms with van der Waals surface area (Å²) in [5.41, 5.74) is -1.63. The number of rotatable bonds is 8. The lowest BCUT2D eigenvalue weighted by molar-refractivity contribution is -0.0259. The van der Waals surface area contributed by atoms with Crippen molar-refractivity contribution >= 4 is 50.0 Å². The van der Waals surface area contributed by atoms with Gasteiger partial charge in [-0.05, 0) is 38.1 Å². The van der Waals surface area contributed by atoms with E-state index in [1.165, 1.54) is 12.1 Å². The maximum absolute atomic E-state index is 12.6. The van der Waals surface area contributed by atoms with Gasteiger partial charge in [-0.1, -0.05) is 16.1 Å². The maximum atomic E-state index is 12.6. The number of benzene rings is 1. The molecule has 166 valence electrons. The zero-order chi connectivity index (χ0) is 23.1. The van der Waals surface area contributed by atoms with Crippen LogP contribution in [0.15, 0.2) is 38.8 Å². The number of anilines is 3. The second-order valence-corrected chi connectivity index (χ2v) is 10.3. The second kappa shape index (κ2) is 8.60. The van der Waals surface area contributed by atoms with Gasteiger partial charge in [0.15, 0.2) is 5.75 Å². The molecule has 3 aromatic rings. The first kappa shape index (κ1) is 23.2. The van der Waals surface area contributed by atoms with Crippen molar-refractivity contribution in [1.82, 2.24) is 4.47 Å². The van der Waals surface area contributed by atoms with Crippen molar-refractivity contribution in [2.45, 2.75) is 24.8 Å². The highest BCUT2D eigenvalue weighted by Crippen LogP contribution is 2.40. The van der Waals surface area contributed by atoms with Crippen LogP contribution in [0, 0.1) is 6.92 Å². The third kappa shape index (κ3) is 4.19. The summed E-state index contributed by atoms with van der Waals surface area (Å²) in [6.45, 7) is 3.80. The number of thiophene rings is 1. The molecule has 0 radical (unpaired) electrons. The van der Waals surface area contributed by atoms with Gasteiger partial charge < -0.3 is 15.7 Å². The molecule has 3 rings (SSSR count). The van der Waals surface area contributed by atoms with Crippen LogP contribution in [-0.2, 0) is 14.9 Å². The third-order valence-electron chi connectivity index (χ3n) is 4.66. The minimum atomic E-state index is -4.28. The number of hydroxylamine groups is 1. The van der Waals surface area contributed by atoms with Gasteiger partial charge in [-0.3, -0.25) is 14.4 Å². The van der Waals surface area contributed by atoms with Gasteiger partial charge in [0.1, 0.15) is 16.3 Å². The molecule has 12 heteroatoms. The Morgan fingerprint density at radius 1 is 1.16 bits per heavy atom. The molecule has 0 saturated heterocycles. The number of nitrogens with one attached hydrogen (secondary N) is 2. The van der Waals surface area contributed by atoms with Crippen LogP contribution in [0.3, 0.4) is 0 Å². The van der Waals surface area contributed by atoms with Gasteiger partial charge in [0.05, 0.1) is 23.9 Å². The molecule has 1 heterocycles. The Morgan fingerprint density at radius 2 is 1.81 bits per heavy atom. The molecule has 0 aliphatic carbocycles. The first-order chi connectivity index (χ1) is 14.5. The average Bonchev–Trinajstić information content (AvgIpc) is 3.17. The summed E-state index contributed by atoms with van der Waals surface area (Å²) in [7, 11) is -2.00. The van der Waals surface area contributed by atoms with Crippen molar-refractivity contribution in [2.24, 2.45) is 0 Å². The molecule has 9 nitrogen and oxygen atoms in total. The van der Waals surface area contributed by atoms with E-state index >= 15 is 0 Å². The Kier molecular flexibility index (Phi) is 6.44. The first-order valence-electron chi connectivity index (χ1n) is 8.96. The fourth-order valence-corrected chi connectivity index (χ4v) is 5.32. The Morgan fingerprint density at radius 3 is 2.39 bits per heavy atom. The number of phenolic OH excluding ortho intramolecular Hbond substituents is 1. The number of aryl methyl sites for hydroxylation is 1. The highest BCUT2D eigenvalue weighted by Gasteiger charge is 2.31. The maximum Gasteiger partial charge on any atom is 0.269 e. The van der Waals surface area contributed by atoms with Gasteiger partial charge in [0.2, 0.25) is 0 Å². The molecule has 0 amide bonds. The van der Waals surface area contributed by atoms with E-state index in [0.29, 0.717) is 4.47 Å². The Hall–Kier alpha value is -2.44. The van der Waals surface area contributed by atoms with Crippen LogP contribution >= 0.6 is 22.9 Å². The van der Waals surface area contributed by atoms with Crippen LogP contribution in [0.25, 0.3) is 0 Å². The van der Waals surface area contributed by atoms with E-state index in [0.717, 1.165) is 23.9 Å². The van der Waals surface area contributed by atoms with Gasteiger partial charge in [-0.15, -0.1) is 11.3 Å². The van der Waals surface area contributed by atoms with Crippen LogP contribution in [0.4, 0.5) is 17.1 Å². The molecule has 0 spiro atoms. The first-order valence-corrected chi connectivity index (χ1v) is 11.6. The number of nitrogens with zero attached hydrogens (tertiary/aromatic N) is 1. The zero-order valence-electron chi connectivity index (χ0n) is 17.0. The van der Waals surface area contributed by atoms with E-state index in [1.807, 2.05) is 26.0 Å². The van der Waals surface area contributed by atoms with Gasteiger partial charge in [-0.25, -0.2) is 8.42 Å². The fraction of sp³-hybridized carbons (Fsp3) is 0.263. The highest BCUT2D eigenvalue weighted by atomic mass is 35.5. The van der Waals surface area contributed by atoms with E-state index in [1.54, 1.807) is 11.3 Å². The number of sulfonamides is 1. The van der Waals surface area contributed by atoms with Crippen LogP contribution in [0.5, 0.6) is 5.75 Å². The minimum absolute atomic E-state index is 0.0521. The second-order valence-electron chi connectivity index (χ2n) is 6.72. The van der Waals surface area contributed by atoms with E-state index in [2.05, 4.69) is 10.6 Å². The largest absolute Gasteiger partial charge is 0.504 e. The standard InChI is InChI=1S/C19H20ClN3O6S2/c1-9-5-8-13(30-9)10(2)21-14-15(18(26)17(14)25)22-12-7-6-11(20)19(16(12)24)31(27,28)23(3)29-4/h5-8,10,21-22,24H,1-4H3/t10-/m1/s1. The summed E-state index contributed by atoms with van der Waals surface area (Å²) in [5.74, 6) is -0.711. The van der Waals surface area contributed by atoms with Gasteiger partial charge in [0, 0.05) is 16.8 Å². The van der Waals surface area contributed by atoms with Crippen molar-refractivity contribution in [1.29, 1.82) is 0 Å². The monoisotopic (exact) mass is 485 g/mol. The van der Waals surface area contributed by atoms with Crippen molar-refractivity contribution in [3.8, 4) is 5.75 Å². The Bertz CT molecular complexity index is 1310. The average molecular weight is 486 g/mol. The lowest BCUT2D eigenvalue weighted by Crippen LogP contribution is -2.37. The molecule has 0 saturated carbocycles. The Balaban J connectivity index is 1.96. The van der Waals surface area contributed by atoms with Gasteiger partial charge >= 0.3 is 0 Å². The van der Waals surface area contributed by atoms with Crippen LogP contribution in [0.1, 0.15) is 22.7 Å². The van der Waals surface area contributed by atoms with Gasteiger partial charge in [-0.2, -0.15) is 0 Å². The molecule has 0 bridgehead atoms. The molecule has 31 heavy (non-hydrogen) atoms. The molecule has 0 aliphatic rings. The van der Waals surface area contributed by atoms with Crippen LogP contribution in [-0.4, -0.2) is 32.2 Å². The number of halogens is 1. The summed E-state index contributed by atoms with van der Waals surface area (Å²) in [4.78, 5) is 30.5. The molecular weight excluding hydrogens is 466 g/mol. The molecule has 0 unspecified atom stereocenters. The number of aromatic hydroxyl groups is 1. The van der Waals surface area contributed by atoms with Crippen molar-refractivity contribution < 1.29 is 18.4 Å². The fourth-order valence-electron chi connectivity index (χ4n) is 2.88. The summed E-state index contributed by atoms with van der Waals surface area (Å²) in [5, 5.41) is 16.0. The number of hydrogen-bond donors (Lipinski definition) is 3. The van der Waals surface area contributed by atoms with Gasteiger partial charge in [0.25, 0.3) is 20.9 Å². The summed E-state index contributed by atoms with van der Waals surface area (Å²) >= 11 is 7.55. The van der Waals surface area contributed by atoms with Crippen molar-refractivity contribution in [2.75, 3.05) is 24.8 Å². The number of phenols is 1. The van der Waals surface area contributed by atoms with Crippen LogP contribution < -0.4 is 21.5 Å². The van der Waals surface area contributed by atoms with E-state index in [-0.39, 0.29) is 28.1 Å². The van der Waals surface area contributed by atoms with E-state index < -0.39 is 31.5 Å². The highest BCUT2D eigenvalue weighted by molar-refractivity contribution is 7.89. The Labute approximate surface area is 187 Å². The molecule has 2 aromatic carbocycles. The van der Waals surface area contributed by atoms with Crippen molar-refractivity contribution in [3.05, 3.63) is 59.5 Å².